The Morgan fingerprint density at radius 2 is 1.39 bits per heavy atom. The summed E-state index contributed by atoms with van der Waals surface area (Å²) in [5.41, 5.74) is 5.27. The molecule has 1 aliphatic carbocycles. The van der Waals surface area contributed by atoms with Gasteiger partial charge in [-0.1, -0.05) is 62.4 Å². The molecule has 51 heavy (non-hydrogen) atoms. The van der Waals surface area contributed by atoms with Crippen LogP contribution < -0.4 is 5.32 Å². The molecule has 13 heteroatoms. The Balaban J connectivity index is 1.01. The second-order valence-electron chi connectivity index (χ2n) is 14.8. The molecule has 2 aromatic carbocycles. The lowest BCUT2D eigenvalue weighted by Gasteiger charge is -2.29. The number of methoxy groups -OCH3 is 1. The average molecular weight is 693 g/mol. The van der Waals surface area contributed by atoms with Crippen molar-refractivity contribution < 1.29 is 23.9 Å². The molecule has 2 fully saturated rings. The number of likely N-dealkylation sites (tertiary alicyclic amines) is 1. The zero-order valence-electron chi connectivity index (χ0n) is 29.7. The lowest BCUT2D eigenvalue weighted by atomic mass is 10.0. The lowest BCUT2D eigenvalue weighted by molar-refractivity contribution is -0.136. The number of piperidine rings is 1. The minimum atomic E-state index is -0.789. The largest absolute Gasteiger partial charge is 0.453 e. The highest BCUT2D eigenvalue weighted by molar-refractivity contribution is 5.87. The summed E-state index contributed by atoms with van der Waals surface area (Å²) in [5.74, 6) is 1.42. The Morgan fingerprint density at radius 3 is 1.92 bits per heavy atom. The van der Waals surface area contributed by atoms with E-state index in [-0.39, 0.29) is 30.0 Å². The quantitative estimate of drug-likeness (QED) is 0.182. The van der Waals surface area contributed by atoms with Crippen molar-refractivity contribution in [2.45, 2.75) is 83.6 Å². The summed E-state index contributed by atoms with van der Waals surface area (Å²) in [6.45, 7) is 9.38. The predicted molar refractivity (Wildman–Crippen MR) is 191 cm³/mol. The summed E-state index contributed by atoms with van der Waals surface area (Å²) < 4.78 is 10.4. The number of carbonyl (C=O) groups is 3. The van der Waals surface area contributed by atoms with Crippen molar-refractivity contribution in [3.8, 4) is 33.6 Å². The van der Waals surface area contributed by atoms with Crippen LogP contribution in [0.25, 0.3) is 33.6 Å². The fourth-order valence-corrected chi connectivity index (χ4v) is 6.96. The van der Waals surface area contributed by atoms with Gasteiger partial charge < -0.3 is 24.8 Å². The van der Waals surface area contributed by atoms with Crippen LogP contribution in [0.5, 0.6) is 0 Å². The van der Waals surface area contributed by atoms with Crippen LogP contribution in [-0.4, -0.2) is 78.9 Å². The molecular weight excluding hydrogens is 648 g/mol. The molecule has 2 aromatic heterocycles. The van der Waals surface area contributed by atoms with Gasteiger partial charge in [0, 0.05) is 18.7 Å². The third-order valence-electron chi connectivity index (χ3n) is 9.70. The van der Waals surface area contributed by atoms with Crippen LogP contribution in [0.4, 0.5) is 9.59 Å². The van der Waals surface area contributed by atoms with Crippen LogP contribution in [0.1, 0.15) is 77.6 Å². The van der Waals surface area contributed by atoms with Crippen molar-refractivity contribution in [1.82, 2.24) is 35.2 Å². The van der Waals surface area contributed by atoms with Crippen LogP contribution in [0.3, 0.4) is 0 Å². The monoisotopic (exact) mass is 692 g/mol. The first-order valence-corrected chi connectivity index (χ1v) is 17.4. The molecule has 1 saturated heterocycles. The molecule has 3 amide bonds. The Kier molecular flexibility index (Phi) is 8.90. The standard InChI is InChI=1S/C38H44N8O5/c1-21(2)32(44-36(48)50-6)35(47)46-29(15-16-41-46)33-39-19-27(42-33)24-11-7-22(8-12-24)23-9-13-25(14-10-23)28-20-40-34(43-28)31-18-26-17-30(26)45(31)37(49)51-38(3,4)5/h7-14,16,19-21,26,29-32H,15,17-18H2,1-6H3,(H,39,42)(H,40,43)(H,44,48)/t26-,29-,30-,31-,32-/m0/s1. The maximum Gasteiger partial charge on any atom is 0.411 e. The van der Waals surface area contributed by atoms with E-state index < -0.39 is 23.8 Å². The molecule has 0 unspecified atom stereocenters. The van der Waals surface area contributed by atoms with Crippen molar-refractivity contribution in [3.05, 3.63) is 72.6 Å². The Hall–Kier alpha value is -5.46. The van der Waals surface area contributed by atoms with E-state index in [9.17, 15) is 14.4 Å². The molecule has 0 radical (unpaired) electrons. The van der Waals surface area contributed by atoms with Crippen LogP contribution in [0.2, 0.25) is 0 Å². The van der Waals surface area contributed by atoms with Gasteiger partial charge in [0.05, 0.1) is 36.9 Å². The number of aromatic amines is 2. The molecule has 5 atom stereocenters. The number of carbonyl (C=O) groups excluding carboxylic acids is 3. The molecular formula is C38H44N8O5. The van der Waals surface area contributed by atoms with Gasteiger partial charge in [-0.05, 0) is 67.7 Å². The van der Waals surface area contributed by atoms with E-state index >= 15 is 0 Å². The van der Waals surface area contributed by atoms with E-state index in [0.29, 0.717) is 18.2 Å². The number of ether oxygens (including phenoxy) is 2. The number of rotatable bonds is 8. The summed E-state index contributed by atoms with van der Waals surface area (Å²) in [6, 6.07) is 15.4. The molecule has 13 nitrogen and oxygen atoms in total. The van der Waals surface area contributed by atoms with Gasteiger partial charge in [0.25, 0.3) is 5.91 Å². The van der Waals surface area contributed by atoms with Crippen LogP contribution >= 0.6 is 0 Å². The fourth-order valence-electron chi connectivity index (χ4n) is 6.96. The summed E-state index contributed by atoms with van der Waals surface area (Å²) in [6.07, 6.45) is 6.77. The predicted octanol–water partition coefficient (Wildman–Crippen LogP) is 6.84. The van der Waals surface area contributed by atoms with Crippen molar-refractivity contribution in [3.63, 3.8) is 0 Å². The molecule has 266 valence electrons. The molecule has 4 aromatic rings. The van der Waals surface area contributed by atoms with E-state index in [1.807, 2.05) is 57.8 Å². The van der Waals surface area contributed by atoms with Crippen LogP contribution in [-0.2, 0) is 14.3 Å². The van der Waals surface area contributed by atoms with Gasteiger partial charge in [-0.3, -0.25) is 9.69 Å². The van der Waals surface area contributed by atoms with E-state index in [1.165, 1.54) is 12.1 Å². The number of hydrazone groups is 1. The molecule has 4 heterocycles. The highest BCUT2D eigenvalue weighted by atomic mass is 16.6. The fraction of sp³-hybridized carbons (Fsp3) is 0.421. The van der Waals surface area contributed by atoms with Gasteiger partial charge >= 0.3 is 12.2 Å². The Bertz CT molecular complexity index is 1940. The Morgan fingerprint density at radius 1 is 0.843 bits per heavy atom. The smallest absolute Gasteiger partial charge is 0.411 e. The zero-order valence-corrected chi connectivity index (χ0v) is 29.7. The number of fused-ring (bicyclic) bond motifs is 1. The van der Waals surface area contributed by atoms with Crippen molar-refractivity contribution >= 4 is 24.3 Å². The maximum absolute atomic E-state index is 13.4. The van der Waals surface area contributed by atoms with Crippen molar-refractivity contribution in [2.24, 2.45) is 16.9 Å². The van der Waals surface area contributed by atoms with Crippen molar-refractivity contribution in [2.75, 3.05) is 7.11 Å². The van der Waals surface area contributed by atoms with Gasteiger partial charge in [-0.15, -0.1) is 0 Å². The van der Waals surface area contributed by atoms with Gasteiger partial charge in [0.1, 0.15) is 29.3 Å². The normalized spacial score (nSPS) is 21.5. The third-order valence-corrected chi connectivity index (χ3v) is 9.70. The van der Waals surface area contributed by atoms with Gasteiger partial charge in [0.15, 0.2) is 0 Å². The third kappa shape index (κ3) is 6.97. The number of benzene rings is 2. The zero-order chi connectivity index (χ0) is 36.0. The number of alkyl carbamates (subject to hydrolysis) is 1. The van der Waals surface area contributed by atoms with Crippen LogP contribution in [0.15, 0.2) is 66.0 Å². The van der Waals surface area contributed by atoms with Crippen LogP contribution in [0, 0.1) is 11.8 Å². The number of amides is 3. The lowest BCUT2D eigenvalue weighted by Crippen LogP contribution is -2.50. The number of H-pyrrole nitrogens is 2. The second kappa shape index (κ2) is 13.3. The first-order chi connectivity index (χ1) is 24.4. The number of nitrogens with one attached hydrogen (secondary N) is 3. The minimum absolute atomic E-state index is 0.110. The van der Waals surface area contributed by atoms with E-state index in [4.69, 9.17) is 9.47 Å². The summed E-state index contributed by atoms with van der Waals surface area (Å²) >= 11 is 0. The topological polar surface area (TPSA) is 158 Å². The molecule has 0 bridgehead atoms. The summed E-state index contributed by atoms with van der Waals surface area (Å²) in [7, 11) is 1.26. The molecule has 7 rings (SSSR count). The highest BCUT2D eigenvalue weighted by Crippen LogP contribution is 2.53. The number of aromatic nitrogens is 4. The minimum Gasteiger partial charge on any atom is -0.453 e. The van der Waals surface area contributed by atoms with E-state index in [2.05, 4.69) is 66.8 Å². The summed E-state index contributed by atoms with van der Waals surface area (Å²) in [5, 5.41) is 8.32. The maximum atomic E-state index is 13.4. The molecule has 2 aliphatic heterocycles. The first kappa shape index (κ1) is 34.0. The average Bonchev–Trinajstić information content (AvgIpc) is 3.65. The molecule has 0 spiro atoms. The summed E-state index contributed by atoms with van der Waals surface area (Å²) in [4.78, 5) is 56.3. The number of nitrogens with zero attached hydrogens (tertiary/aromatic N) is 5. The second-order valence-corrected chi connectivity index (χ2v) is 14.8. The number of imidazole rings is 2. The molecule has 3 aliphatic rings. The SMILES string of the molecule is COC(=O)N[C@H](C(=O)N1N=CC[C@H]1c1ncc(-c2ccc(-c3ccc(-c4cnc([C@@H]5C[C@@H]6C[C@@H]6N5C(=O)OC(C)(C)C)[nH]4)cc3)cc2)[nH]1)C(C)C. The van der Waals surface area contributed by atoms with Gasteiger partial charge in [0.2, 0.25) is 0 Å². The van der Waals surface area contributed by atoms with E-state index in [1.54, 1.807) is 12.4 Å². The van der Waals surface area contributed by atoms with Gasteiger partial charge in [-0.2, -0.15) is 5.10 Å². The number of hydrogen-bond donors (Lipinski definition) is 3. The number of hydrogen-bond acceptors (Lipinski definition) is 8. The van der Waals surface area contributed by atoms with E-state index in [0.717, 1.165) is 52.3 Å². The Labute approximate surface area is 296 Å². The van der Waals surface area contributed by atoms with Gasteiger partial charge in [-0.25, -0.2) is 24.6 Å². The molecule has 1 saturated carbocycles. The highest BCUT2D eigenvalue weighted by Gasteiger charge is 2.56. The van der Waals surface area contributed by atoms with Crippen molar-refractivity contribution in [1.29, 1.82) is 0 Å². The molecule has 3 N–H and O–H groups in total. The first-order valence-electron chi connectivity index (χ1n) is 17.4.